The Hall–Kier alpha value is -2.04. The Kier molecular flexibility index (Phi) is 15.6. The third-order valence-corrected chi connectivity index (χ3v) is 8.63. The van der Waals surface area contributed by atoms with Crippen LogP contribution >= 0.6 is 0 Å². The monoisotopic (exact) mass is 733 g/mol. The van der Waals surface area contributed by atoms with Gasteiger partial charge < -0.3 is 90.0 Å². The van der Waals surface area contributed by atoms with Crippen LogP contribution in [0.5, 0.6) is 0 Å². The summed E-state index contributed by atoms with van der Waals surface area (Å²) in [5.74, 6) is 0. The summed E-state index contributed by atoms with van der Waals surface area (Å²) in [4.78, 5) is 10.4. The topological polar surface area (TPSA) is 352 Å². The molecule has 49 heavy (non-hydrogen) atoms. The Morgan fingerprint density at radius 2 is 1.39 bits per heavy atom. The van der Waals surface area contributed by atoms with E-state index in [1.165, 1.54) is 12.1 Å². The number of aliphatic hydroxyl groups excluding tert-OH is 11. The van der Waals surface area contributed by atoms with Crippen molar-refractivity contribution in [2.24, 2.45) is 0 Å². The van der Waals surface area contributed by atoms with Gasteiger partial charge in [0.2, 0.25) is 0 Å². The second-order valence-electron chi connectivity index (χ2n) is 11.4. The molecule has 0 radical (unpaired) electrons. The molecule has 0 bridgehead atoms. The van der Waals surface area contributed by atoms with Crippen LogP contribution in [0, 0.1) is 0 Å². The van der Waals surface area contributed by atoms with E-state index in [0.717, 1.165) is 12.1 Å². The molecule has 2 fully saturated rings. The van der Waals surface area contributed by atoms with E-state index in [1.54, 1.807) is 0 Å². The fourth-order valence-corrected chi connectivity index (χ4v) is 5.29. The van der Waals surface area contributed by atoms with E-state index in [1.807, 2.05) is 0 Å². The quantitative estimate of drug-likeness (QED) is 0.0492. The Morgan fingerprint density at radius 1 is 0.776 bits per heavy atom. The van der Waals surface area contributed by atoms with Crippen molar-refractivity contribution in [3.63, 3.8) is 0 Å². The average Bonchev–Trinajstić information content (AvgIpc) is 3.08. The molecule has 21 nitrogen and oxygen atoms in total. The normalized spacial score (nSPS) is 34.0. The zero-order chi connectivity index (χ0) is 36.6. The van der Waals surface area contributed by atoms with Crippen molar-refractivity contribution in [2.75, 3.05) is 38.3 Å². The molecule has 3 rings (SSSR count). The van der Waals surface area contributed by atoms with Gasteiger partial charge in [-0.15, -0.1) is 0 Å². The summed E-state index contributed by atoms with van der Waals surface area (Å²) in [5, 5.41) is 114. The maximum atomic E-state index is 11.2. The minimum atomic E-state index is -4.42. The van der Waals surface area contributed by atoms with E-state index < -0.39 is 128 Å². The zero-order valence-corrected chi connectivity index (χ0v) is 26.4. The van der Waals surface area contributed by atoms with Gasteiger partial charge in [0.05, 0.1) is 37.4 Å². The second kappa shape index (κ2) is 18.5. The van der Waals surface area contributed by atoms with Gasteiger partial charge in [-0.3, -0.25) is 4.55 Å². The van der Waals surface area contributed by atoms with Gasteiger partial charge in [0.25, 0.3) is 10.1 Å². The molecule has 2 heterocycles. The van der Waals surface area contributed by atoms with Crippen LogP contribution in [0.25, 0.3) is 0 Å². The maximum absolute atomic E-state index is 11.2. The summed E-state index contributed by atoms with van der Waals surface area (Å²) in [6, 6.07) is 4.85. The van der Waals surface area contributed by atoms with Gasteiger partial charge in [-0.2, -0.15) is 8.42 Å². The van der Waals surface area contributed by atoms with E-state index in [2.05, 4.69) is 5.32 Å². The molecule has 1 unspecified atom stereocenters. The molecule has 2 saturated heterocycles. The number of hydrogen-bond acceptors (Lipinski definition) is 20. The minimum Gasteiger partial charge on any atom is -0.394 e. The lowest BCUT2D eigenvalue weighted by Gasteiger charge is -2.44. The average molecular weight is 734 g/mol. The number of carbonyl (C=O) groups excluding carboxylic acids is 1. The SMILES string of the molecule is O=C[C@H](O)[C@@H](O)[C@H](O)[C@H](O)CO[C@H]1O[C@H](CO[C@H]2O[C@H](CO)[C@@H](O)[C@H](O)[C@H]2O)[C@@H](O)[C@H](O)[C@H]1OCC(O)CNc1ccc(S(=O)(=O)O)cc1. The van der Waals surface area contributed by atoms with Crippen molar-refractivity contribution in [3.8, 4) is 0 Å². The van der Waals surface area contributed by atoms with Crippen molar-refractivity contribution in [2.45, 2.75) is 96.8 Å². The highest BCUT2D eigenvalue weighted by molar-refractivity contribution is 7.85. The molecule has 15 atom stereocenters. The first-order chi connectivity index (χ1) is 23.0. The molecule has 0 aliphatic carbocycles. The van der Waals surface area contributed by atoms with Crippen LogP contribution in [0.1, 0.15) is 0 Å². The van der Waals surface area contributed by atoms with Crippen molar-refractivity contribution in [1.29, 1.82) is 0 Å². The van der Waals surface area contributed by atoms with Crippen LogP contribution in [0.2, 0.25) is 0 Å². The lowest BCUT2D eigenvalue weighted by molar-refractivity contribution is -0.338. The lowest BCUT2D eigenvalue weighted by Crippen LogP contribution is -2.62. The van der Waals surface area contributed by atoms with Crippen LogP contribution in [0.15, 0.2) is 29.2 Å². The van der Waals surface area contributed by atoms with Crippen molar-refractivity contribution >= 4 is 22.1 Å². The predicted octanol–water partition coefficient (Wildman–Crippen LogP) is -6.99. The molecule has 0 spiro atoms. The number of nitrogens with one attached hydrogen (secondary N) is 1. The standard InChI is InChI=1S/C27H43NO20S/c29-6-14(32)18(34)19(35)15(33)9-45-27-25(44-8-12(31)5-28-11-1-3-13(4-2-11)49(41,42)43)23(39)21(37)17(48-27)10-46-26-24(40)22(38)20(36)16(7-30)47-26/h1-4,6,12,14-28,30-40H,5,7-10H2,(H,41,42,43)/t12?,14-,15+,16+,17+,18+,19+,20+,21+,22-,23-,24+,25+,26-,27-/m0/s1. The Bertz CT molecular complexity index is 1260. The molecule has 2 aliphatic heterocycles. The summed E-state index contributed by atoms with van der Waals surface area (Å²) in [5.41, 5.74) is 0.348. The van der Waals surface area contributed by atoms with Gasteiger partial charge in [0.15, 0.2) is 18.9 Å². The highest BCUT2D eigenvalue weighted by Gasteiger charge is 2.49. The van der Waals surface area contributed by atoms with Crippen molar-refractivity contribution in [3.05, 3.63) is 24.3 Å². The van der Waals surface area contributed by atoms with Crippen LogP contribution < -0.4 is 5.32 Å². The number of benzene rings is 1. The smallest absolute Gasteiger partial charge is 0.294 e. The van der Waals surface area contributed by atoms with Crippen LogP contribution in [-0.2, 0) is 38.6 Å². The summed E-state index contributed by atoms with van der Waals surface area (Å²) in [7, 11) is -4.42. The van der Waals surface area contributed by atoms with Crippen molar-refractivity contribution < 1.29 is 97.6 Å². The highest BCUT2D eigenvalue weighted by atomic mass is 32.2. The molecule has 1 aromatic carbocycles. The van der Waals surface area contributed by atoms with Gasteiger partial charge in [-0.05, 0) is 24.3 Å². The maximum Gasteiger partial charge on any atom is 0.294 e. The molecule has 2 aliphatic rings. The first-order valence-electron chi connectivity index (χ1n) is 14.8. The lowest BCUT2D eigenvalue weighted by atomic mass is 9.98. The Labute approximate surface area is 279 Å². The number of rotatable bonds is 18. The number of carbonyl (C=O) groups is 1. The summed E-state index contributed by atoms with van der Waals surface area (Å²) < 4.78 is 58.8. The highest BCUT2D eigenvalue weighted by Crippen LogP contribution is 2.28. The number of ether oxygens (including phenoxy) is 5. The van der Waals surface area contributed by atoms with E-state index >= 15 is 0 Å². The van der Waals surface area contributed by atoms with Crippen LogP contribution in [-0.4, -0.2) is 200 Å². The third-order valence-electron chi connectivity index (χ3n) is 7.76. The molecule has 282 valence electrons. The summed E-state index contributed by atoms with van der Waals surface area (Å²) in [6.45, 7) is -3.04. The summed E-state index contributed by atoms with van der Waals surface area (Å²) in [6.07, 6.45) is -26.4. The number of aliphatic hydroxyl groups is 11. The predicted molar refractivity (Wildman–Crippen MR) is 157 cm³/mol. The number of hydrogen-bond donors (Lipinski definition) is 13. The van der Waals surface area contributed by atoms with Gasteiger partial charge in [0.1, 0.15) is 73.2 Å². The summed E-state index contributed by atoms with van der Waals surface area (Å²) >= 11 is 0. The molecular weight excluding hydrogens is 690 g/mol. The van der Waals surface area contributed by atoms with Gasteiger partial charge >= 0.3 is 0 Å². The van der Waals surface area contributed by atoms with Gasteiger partial charge in [-0.1, -0.05) is 0 Å². The Morgan fingerprint density at radius 3 is 1.98 bits per heavy atom. The van der Waals surface area contributed by atoms with Crippen LogP contribution in [0.4, 0.5) is 5.69 Å². The van der Waals surface area contributed by atoms with E-state index in [-0.39, 0.29) is 17.7 Å². The molecular formula is C27H43NO20S. The Balaban J connectivity index is 1.67. The molecule has 0 aromatic heterocycles. The first-order valence-corrected chi connectivity index (χ1v) is 16.3. The number of anilines is 1. The third kappa shape index (κ3) is 11.0. The minimum absolute atomic E-state index is 0.0812. The van der Waals surface area contributed by atoms with Gasteiger partial charge in [-0.25, -0.2) is 0 Å². The first kappa shape index (κ1) is 41.4. The van der Waals surface area contributed by atoms with E-state index in [0.29, 0.717) is 5.69 Å². The molecule has 0 amide bonds. The zero-order valence-electron chi connectivity index (χ0n) is 25.6. The number of aldehydes is 1. The molecule has 22 heteroatoms. The molecule has 1 aromatic rings. The van der Waals surface area contributed by atoms with Crippen molar-refractivity contribution in [1.82, 2.24) is 0 Å². The second-order valence-corrected chi connectivity index (χ2v) is 12.8. The van der Waals surface area contributed by atoms with E-state index in [9.17, 15) is 69.4 Å². The van der Waals surface area contributed by atoms with Gasteiger partial charge in [0, 0.05) is 12.2 Å². The molecule has 0 saturated carbocycles. The molecule has 13 N–H and O–H groups in total. The van der Waals surface area contributed by atoms with E-state index in [4.69, 9.17) is 28.2 Å². The fourth-order valence-electron chi connectivity index (χ4n) is 4.81. The fraction of sp³-hybridized carbons (Fsp3) is 0.741. The van der Waals surface area contributed by atoms with Crippen LogP contribution in [0.3, 0.4) is 0 Å². The largest absolute Gasteiger partial charge is 0.394 e.